The number of rotatable bonds is 3. The summed E-state index contributed by atoms with van der Waals surface area (Å²) in [4.78, 5) is 11.8. The molecule has 3 nitrogen and oxygen atoms in total. The predicted molar refractivity (Wildman–Crippen MR) is 77.5 cm³/mol. The molecule has 2 N–H and O–H groups in total. The number of carboxylic acids is 1. The van der Waals surface area contributed by atoms with E-state index in [0.717, 1.165) is 11.1 Å². The van der Waals surface area contributed by atoms with E-state index in [1.807, 2.05) is 48.5 Å². The molecular formula is C17H17NO2. The maximum Gasteiger partial charge on any atom is 0.324 e. The van der Waals surface area contributed by atoms with E-state index in [9.17, 15) is 9.90 Å². The Balaban J connectivity index is 1.93. The molecule has 3 rings (SSSR count). The van der Waals surface area contributed by atoms with Crippen LogP contribution in [-0.4, -0.2) is 16.6 Å². The van der Waals surface area contributed by atoms with Gasteiger partial charge in [-0.3, -0.25) is 10.1 Å². The molecule has 102 valence electrons. The maximum atomic E-state index is 11.8. The highest BCUT2D eigenvalue weighted by Gasteiger charge is 2.41. The minimum atomic E-state index is -0.907. The maximum absolute atomic E-state index is 11.8. The summed E-state index contributed by atoms with van der Waals surface area (Å²) < 4.78 is 0. The van der Waals surface area contributed by atoms with Crippen molar-refractivity contribution in [3.8, 4) is 0 Å². The van der Waals surface area contributed by atoms with Gasteiger partial charge >= 0.3 is 5.97 Å². The topological polar surface area (TPSA) is 49.3 Å². The highest BCUT2D eigenvalue weighted by molar-refractivity contribution is 5.80. The van der Waals surface area contributed by atoms with Crippen molar-refractivity contribution in [3.63, 3.8) is 0 Å². The van der Waals surface area contributed by atoms with Crippen molar-refractivity contribution in [2.24, 2.45) is 0 Å². The van der Waals surface area contributed by atoms with Crippen LogP contribution in [-0.2, 0) is 24.2 Å². The molecule has 2 aromatic rings. The van der Waals surface area contributed by atoms with Gasteiger partial charge in [0.1, 0.15) is 5.54 Å². The van der Waals surface area contributed by atoms with Gasteiger partial charge in [0, 0.05) is 19.4 Å². The Hall–Kier alpha value is -2.13. The summed E-state index contributed by atoms with van der Waals surface area (Å²) in [5, 5.41) is 13.0. The van der Waals surface area contributed by atoms with E-state index in [-0.39, 0.29) is 0 Å². The van der Waals surface area contributed by atoms with Gasteiger partial charge in [0.15, 0.2) is 0 Å². The second-order valence-corrected chi connectivity index (χ2v) is 5.35. The average molecular weight is 267 g/mol. The third-order valence-corrected chi connectivity index (χ3v) is 3.99. The van der Waals surface area contributed by atoms with Crippen LogP contribution in [0.4, 0.5) is 0 Å². The molecule has 0 bridgehead atoms. The van der Waals surface area contributed by atoms with Crippen LogP contribution in [0.1, 0.15) is 16.7 Å². The van der Waals surface area contributed by atoms with Crippen molar-refractivity contribution in [2.75, 3.05) is 0 Å². The van der Waals surface area contributed by atoms with Crippen LogP contribution in [0.2, 0.25) is 0 Å². The quantitative estimate of drug-likeness (QED) is 0.897. The molecule has 1 heterocycles. The molecule has 0 aliphatic carbocycles. The van der Waals surface area contributed by atoms with Gasteiger partial charge < -0.3 is 5.11 Å². The predicted octanol–water partition coefficient (Wildman–Crippen LogP) is 2.40. The number of benzene rings is 2. The monoisotopic (exact) mass is 267 g/mol. The van der Waals surface area contributed by atoms with E-state index in [4.69, 9.17) is 0 Å². The first-order valence-electron chi connectivity index (χ1n) is 6.79. The van der Waals surface area contributed by atoms with Gasteiger partial charge in [-0.2, -0.15) is 0 Å². The molecule has 1 atom stereocenters. The Labute approximate surface area is 118 Å². The zero-order chi connectivity index (χ0) is 14.0. The minimum absolute atomic E-state index is 0.498. The SMILES string of the molecule is O=C(O)C1(Cc2ccccc2)Cc2ccccc2CN1. The zero-order valence-electron chi connectivity index (χ0n) is 11.2. The summed E-state index contributed by atoms with van der Waals surface area (Å²) in [6.45, 7) is 0.606. The van der Waals surface area contributed by atoms with Gasteiger partial charge in [0.25, 0.3) is 0 Å². The fourth-order valence-electron chi connectivity index (χ4n) is 2.85. The molecule has 0 radical (unpaired) electrons. The first-order chi connectivity index (χ1) is 9.70. The standard InChI is InChI=1S/C17H17NO2/c19-16(20)17(10-13-6-2-1-3-7-13)11-14-8-4-5-9-15(14)12-18-17/h1-9,18H,10-12H2,(H,19,20). The average Bonchev–Trinajstić information content (AvgIpc) is 2.48. The van der Waals surface area contributed by atoms with E-state index in [0.29, 0.717) is 19.4 Å². The Bertz CT molecular complexity index is 624. The van der Waals surface area contributed by atoms with Gasteiger partial charge in [0.05, 0.1) is 0 Å². The van der Waals surface area contributed by atoms with Crippen molar-refractivity contribution >= 4 is 5.97 Å². The molecule has 3 heteroatoms. The number of carboxylic acid groups (broad SMARTS) is 1. The van der Waals surface area contributed by atoms with Crippen LogP contribution < -0.4 is 5.32 Å². The number of fused-ring (bicyclic) bond motifs is 1. The third-order valence-electron chi connectivity index (χ3n) is 3.99. The lowest BCUT2D eigenvalue weighted by Gasteiger charge is -2.36. The lowest BCUT2D eigenvalue weighted by molar-refractivity contribution is -0.145. The van der Waals surface area contributed by atoms with Gasteiger partial charge in [-0.25, -0.2) is 0 Å². The van der Waals surface area contributed by atoms with Crippen LogP contribution in [0.3, 0.4) is 0 Å². The van der Waals surface area contributed by atoms with Crippen molar-refractivity contribution in [1.82, 2.24) is 5.32 Å². The van der Waals surface area contributed by atoms with Crippen LogP contribution in [0.15, 0.2) is 54.6 Å². The van der Waals surface area contributed by atoms with Crippen LogP contribution in [0.5, 0.6) is 0 Å². The summed E-state index contributed by atoms with van der Waals surface area (Å²) in [7, 11) is 0. The normalized spacial score (nSPS) is 21.2. The Kier molecular flexibility index (Phi) is 3.28. The number of hydrogen-bond acceptors (Lipinski definition) is 2. The Morgan fingerprint density at radius 2 is 1.70 bits per heavy atom. The molecule has 0 saturated heterocycles. The van der Waals surface area contributed by atoms with E-state index in [1.165, 1.54) is 5.56 Å². The Morgan fingerprint density at radius 1 is 1.05 bits per heavy atom. The van der Waals surface area contributed by atoms with Crippen LogP contribution >= 0.6 is 0 Å². The van der Waals surface area contributed by atoms with E-state index < -0.39 is 11.5 Å². The number of aliphatic carboxylic acids is 1. The van der Waals surface area contributed by atoms with Gasteiger partial charge in [-0.05, 0) is 16.7 Å². The zero-order valence-corrected chi connectivity index (χ0v) is 11.2. The van der Waals surface area contributed by atoms with Gasteiger partial charge in [-0.15, -0.1) is 0 Å². The van der Waals surface area contributed by atoms with Crippen LogP contribution in [0, 0.1) is 0 Å². The first-order valence-corrected chi connectivity index (χ1v) is 6.79. The minimum Gasteiger partial charge on any atom is -0.480 e. The molecule has 1 aliphatic heterocycles. The van der Waals surface area contributed by atoms with Crippen molar-refractivity contribution in [3.05, 3.63) is 71.3 Å². The van der Waals surface area contributed by atoms with E-state index >= 15 is 0 Å². The molecular weight excluding hydrogens is 250 g/mol. The molecule has 1 aliphatic rings. The molecule has 1 unspecified atom stereocenters. The number of carbonyl (C=O) groups is 1. The lowest BCUT2D eigenvalue weighted by atomic mass is 9.80. The van der Waals surface area contributed by atoms with Gasteiger partial charge in [-0.1, -0.05) is 54.6 Å². The van der Waals surface area contributed by atoms with Crippen LogP contribution in [0.25, 0.3) is 0 Å². The number of nitrogens with one attached hydrogen (secondary N) is 1. The second kappa shape index (κ2) is 5.10. The second-order valence-electron chi connectivity index (χ2n) is 5.35. The highest BCUT2D eigenvalue weighted by Crippen LogP contribution is 2.26. The molecule has 0 amide bonds. The van der Waals surface area contributed by atoms with Crippen molar-refractivity contribution in [2.45, 2.75) is 24.9 Å². The summed E-state index contributed by atoms with van der Waals surface area (Å²) in [6.07, 6.45) is 1.02. The molecule has 0 saturated carbocycles. The van der Waals surface area contributed by atoms with Crippen molar-refractivity contribution in [1.29, 1.82) is 0 Å². The lowest BCUT2D eigenvalue weighted by Crippen LogP contribution is -2.57. The number of hydrogen-bond donors (Lipinski definition) is 2. The fraction of sp³-hybridized carbons (Fsp3) is 0.235. The summed E-state index contributed by atoms with van der Waals surface area (Å²) >= 11 is 0. The molecule has 0 aromatic heterocycles. The highest BCUT2D eigenvalue weighted by atomic mass is 16.4. The summed E-state index contributed by atoms with van der Waals surface area (Å²) in [5.74, 6) is -0.782. The summed E-state index contributed by atoms with van der Waals surface area (Å²) in [5.41, 5.74) is 2.46. The first kappa shape index (κ1) is 12.9. The third kappa shape index (κ3) is 2.32. The molecule has 0 spiro atoms. The largest absolute Gasteiger partial charge is 0.480 e. The Morgan fingerprint density at radius 3 is 2.40 bits per heavy atom. The van der Waals surface area contributed by atoms with Crippen molar-refractivity contribution < 1.29 is 9.90 Å². The van der Waals surface area contributed by atoms with E-state index in [2.05, 4.69) is 11.4 Å². The molecule has 20 heavy (non-hydrogen) atoms. The molecule has 2 aromatic carbocycles. The molecule has 0 fully saturated rings. The summed E-state index contributed by atoms with van der Waals surface area (Å²) in [6, 6.07) is 17.8. The van der Waals surface area contributed by atoms with E-state index in [1.54, 1.807) is 0 Å². The van der Waals surface area contributed by atoms with Gasteiger partial charge in [0.2, 0.25) is 0 Å². The smallest absolute Gasteiger partial charge is 0.324 e. The fourth-order valence-corrected chi connectivity index (χ4v) is 2.85.